The summed E-state index contributed by atoms with van der Waals surface area (Å²) in [7, 11) is 0. The molecular weight excluding hydrogens is 128 g/mol. The first-order chi connectivity index (χ1) is 4.68. The van der Waals surface area contributed by atoms with E-state index in [0.717, 1.165) is 12.1 Å². The summed E-state index contributed by atoms with van der Waals surface area (Å²) in [5, 5.41) is 3.42. The van der Waals surface area contributed by atoms with E-state index in [1.165, 1.54) is 26.2 Å². The Balaban J connectivity index is 0.000000112. The Morgan fingerprint density at radius 1 is 1.50 bits per heavy atom. The van der Waals surface area contributed by atoms with Gasteiger partial charge in [-0.15, -0.1) is 0 Å². The minimum atomic E-state index is -0.333. The van der Waals surface area contributed by atoms with Crippen molar-refractivity contribution in [3.8, 4) is 0 Å². The zero-order chi connectivity index (χ0) is 7.56. The van der Waals surface area contributed by atoms with E-state index in [1.807, 2.05) is 0 Å². The Bertz CT molecular complexity index is 112. The van der Waals surface area contributed by atoms with Gasteiger partial charge in [0.1, 0.15) is 0 Å². The summed E-state index contributed by atoms with van der Waals surface area (Å²) in [6.07, 6.45) is 4.37. The van der Waals surface area contributed by atoms with E-state index in [0.29, 0.717) is 0 Å². The second-order valence-corrected chi connectivity index (χ2v) is 2.98. The van der Waals surface area contributed by atoms with Gasteiger partial charge in [-0.25, -0.2) is 0 Å². The highest BCUT2D eigenvalue weighted by atomic mass is 16.1. The molecule has 2 bridgehead atoms. The highest BCUT2D eigenvalue weighted by Gasteiger charge is 2.34. The first-order valence-electron chi connectivity index (χ1n) is 3.70. The lowest BCUT2D eigenvalue weighted by molar-refractivity contribution is -0.115. The zero-order valence-corrected chi connectivity index (χ0v) is 6.26. The van der Waals surface area contributed by atoms with Gasteiger partial charge in [-0.05, 0) is 19.3 Å². The Hall–Kier alpha value is -0.570. The number of hydrogen-bond donors (Lipinski definition) is 2. The maximum Gasteiger partial charge on any atom is 0.214 e. The first kappa shape index (κ1) is 7.54. The number of rotatable bonds is 0. The molecule has 0 aromatic heterocycles. The van der Waals surface area contributed by atoms with E-state index < -0.39 is 0 Å². The van der Waals surface area contributed by atoms with Crippen molar-refractivity contribution in [2.24, 2.45) is 5.73 Å². The predicted molar refractivity (Wildman–Crippen MR) is 39.4 cm³/mol. The minimum Gasteiger partial charge on any atom is -0.370 e. The largest absolute Gasteiger partial charge is 0.370 e. The van der Waals surface area contributed by atoms with Gasteiger partial charge in [0.2, 0.25) is 5.91 Å². The van der Waals surface area contributed by atoms with Gasteiger partial charge in [0.15, 0.2) is 0 Å². The van der Waals surface area contributed by atoms with Crippen LogP contribution < -0.4 is 11.1 Å². The van der Waals surface area contributed by atoms with Crippen LogP contribution in [0.3, 0.4) is 0 Å². The van der Waals surface area contributed by atoms with E-state index in [2.05, 4.69) is 11.1 Å². The SMILES string of the molecule is C1CC2CC1N2.CC(N)=O. The van der Waals surface area contributed by atoms with Crippen molar-refractivity contribution in [1.29, 1.82) is 0 Å². The first-order valence-corrected chi connectivity index (χ1v) is 3.70. The summed E-state index contributed by atoms with van der Waals surface area (Å²) in [6, 6.07) is 1.88. The minimum absolute atomic E-state index is 0.333. The van der Waals surface area contributed by atoms with Crippen LogP contribution in [0.4, 0.5) is 0 Å². The van der Waals surface area contributed by atoms with Gasteiger partial charge in [-0.1, -0.05) is 0 Å². The highest BCUT2D eigenvalue weighted by molar-refractivity contribution is 5.70. The van der Waals surface area contributed by atoms with Gasteiger partial charge >= 0.3 is 0 Å². The Morgan fingerprint density at radius 2 is 1.80 bits per heavy atom. The number of fused-ring (bicyclic) bond motifs is 1. The third-order valence-electron chi connectivity index (χ3n) is 1.90. The Morgan fingerprint density at radius 3 is 1.90 bits per heavy atom. The van der Waals surface area contributed by atoms with Crippen molar-refractivity contribution in [2.75, 3.05) is 0 Å². The number of carbonyl (C=O) groups excluding carboxylic acids is 1. The molecule has 0 radical (unpaired) electrons. The molecule has 2 saturated heterocycles. The molecule has 1 saturated carbocycles. The topological polar surface area (TPSA) is 55.1 Å². The molecule has 2 atom stereocenters. The quantitative estimate of drug-likeness (QED) is 0.500. The van der Waals surface area contributed by atoms with Crippen LogP contribution in [0.25, 0.3) is 0 Å². The van der Waals surface area contributed by atoms with Gasteiger partial charge in [0.25, 0.3) is 0 Å². The fourth-order valence-electron chi connectivity index (χ4n) is 1.46. The van der Waals surface area contributed by atoms with Gasteiger partial charge < -0.3 is 11.1 Å². The molecule has 0 spiro atoms. The van der Waals surface area contributed by atoms with Crippen LogP contribution in [0.1, 0.15) is 26.2 Å². The molecule has 3 N–H and O–H groups in total. The van der Waals surface area contributed by atoms with Crippen LogP contribution in [-0.4, -0.2) is 18.0 Å². The number of primary amides is 1. The van der Waals surface area contributed by atoms with Crippen molar-refractivity contribution >= 4 is 5.91 Å². The van der Waals surface area contributed by atoms with Crippen molar-refractivity contribution < 1.29 is 4.79 Å². The van der Waals surface area contributed by atoms with Crippen molar-refractivity contribution in [3.05, 3.63) is 0 Å². The van der Waals surface area contributed by atoms with E-state index in [9.17, 15) is 4.79 Å². The summed E-state index contributed by atoms with van der Waals surface area (Å²) in [6.45, 7) is 1.31. The van der Waals surface area contributed by atoms with E-state index in [1.54, 1.807) is 0 Å². The van der Waals surface area contributed by atoms with Gasteiger partial charge in [-0.2, -0.15) is 0 Å². The van der Waals surface area contributed by atoms with Crippen molar-refractivity contribution in [3.63, 3.8) is 0 Å². The monoisotopic (exact) mass is 142 g/mol. The fourth-order valence-corrected chi connectivity index (χ4v) is 1.46. The molecule has 10 heavy (non-hydrogen) atoms. The lowest BCUT2D eigenvalue weighted by Gasteiger charge is -2.24. The molecule has 0 aromatic carbocycles. The Labute approximate surface area is 61.0 Å². The average Bonchev–Trinajstić information content (AvgIpc) is 2.11. The second kappa shape index (κ2) is 3.01. The molecule has 3 rings (SSSR count). The normalized spacial score (nSPS) is 33.7. The smallest absolute Gasteiger partial charge is 0.214 e. The predicted octanol–water partition coefficient (Wildman–Crippen LogP) is 0.00230. The average molecular weight is 142 g/mol. The molecule has 0 aromatic rings. The summed E-state index contributed by atoms with van der Waals surface area (Å²) < 4.78 is 0. The number of hydrogen-bond acceptors (Lipinski definition) is 2. The van der Waals surface area contributed by atoms with E-state index in [4.69, 9.17) is 0 Å². The van der Waals surface area contributed by atoms with Crippen LogP contribution in [0.2, 0.25) is 0 Å². The summed E-state index contributed by atoms with van der Waals surface area (Å²) in [5.41, 5.74) is 4.47. The van der Waals surface area contributed by atoms with E-state index >= 15 is 0 Å². The van der Waals surface area contributed by atoms with Crippen LogP contribution in [0, 0.1) is 0 Å². The molecule has 3 aliphatic rings. The highest BCUT2D eigenvalue weighted by Crippen LogP contribution is 2.28. The molecule has 1 aliphatic carbocycles. The molecule has 3 fully saturated rings. The molecular formula is C7H14N2O. The fraction of sp³-hybridized carbons (Fsp3) is 0.857. The summed E-state index contributed by atoms with van der Waals surface area (Å²) in [5.74, 6) is -0.333. The van der Waals surface area contributed by atoms with Crippen LogP contribution >= 0.6 is 0 Å². The lowest BCUT2D eigenvalue weighted by Crippen LogP contribution is -2.43. The number of carbonyl (C=O) groups is 1. The number of amides is 1. The maximum absolute atomic E-state index is 9.22. The second-order valence-electron chi connectivity index (χ2n) is 2.98. The van der Waals surface area contributed by atoms with Crippen LogP contribution in [0.5, 0.6) is 0 Å². The van der Waals surface area contributed by atoms with Gasteiger partial charge in [0.05, 0.1) is 0 Å². The lowest BCUT2D eigenvalue weighted by atomic mass is 10.1. The zero-order valence-electron chi connectivity index (χ0n) is 6.26. The van der Waals surface area contributed by atoms with E-state index in [-0.39, 0.29) is 5.91 Å². The molecule has 2 aliphatic heterocycles. The van der Waals surface area contributed by atoms with Crippen molar-refractivity contribution in [2.45, 2.75) is 38.3 Å². The molecule has 58 valence electrons. The molecule has 1 amide bonds. The van der Waals surface area contributed by atoms with Crippen molar-refractivity contribution in [1.82, 2.24) is 5.32 Å². The summed E-state index contributed by atoms with van der Waals surface area (Å²) >= 11 is 0. The van der Waals surface area contributed by atoms with Crippen LogP contribution in [-0.2, 0) is 4.79 Å². The molecule has 3 heteroatoms. The number of nitrogens with one attached hydrogen (secondary N) is 1. The third kappa shape index (κ3) is 1.99. The molecule has 3 nitrogen and oxygen atoms in total. The van der Waals surface area contributed by atoms with Gasteiger partial charge in [0, 0.05) is 19.0 Å². The number of nitrogens with two attached hydrogens (primary N) is 1. The third-order valence-corrected chi connectivity index (χ3v) is 1.90. The van der Waals surface area contributed by atoms with Crippen LogP contribution in [0.15, 0.2) is 0 Å². The van der Waals surface area contributed by atoms with Gasteiger partial charge in [-0.3, -0.25) is 4.79 Å². The molecule has 2 heterocycles. The standard InChI is InChI=1S/C5H9N.C2H5NO/c1-2-5-3-4(1)6-5;1-2(3)4/h4-6H,1-3H2;1H3,(H2,3,4). The Kier molecular flexibility index (Phi) is 2.27. The maximum atomic E-state index is 9.22. The molecule has 2 unspecified atom stereocenters. The summed E-state index contributed by atoms with van der Waals surface area (Å²) in [4.78, 5) is 9.22.